The van der Waals surface area contributed by atoms with Gasteiger partial charge in [-0.2, -0.15) is 0 Å². The van der Waals surface area contributed by atoms with E-state index in [1.807, 2.05) is 29.2 Å². The van der Waals surface area contributed by atoms with E-state index in [0.717, 1.165) is 38.8 Å². The lowest BCUT2D eigenvalue weighted by atomic mass is 9.97. The fraction of sp³-hybridized carbons (Fsp3) is 0.600. The number of benzene rings is 1. The quantitative estimate of drug-likeness (QED) is 0.784. The average Bonchev–Trinajstić information content (AvgIpc) is 3.26. The van der Waals surface area contributed by atoms with Gasteiger partial charge < -0.3 is 25.0 Å². The summed E-state index contributed by atoms with van der Waals surface area (Å²) in [6.45, 7) is 3.15. The second-order valence-electron chi connectivity index (χ2n) is 7.55. The maximum absolute atomic E-state index is 12.9. The van der Waals surface area contributed by atoms with Crippen LogP contribution in [-0.4, -0.2) is 61.6 Å². The van der Waals surface area contributed by atoms with E-state index in [1.165, 1.54) is 0 Å². The molecule has 0 bridgehead atoms. The molecule has 154 valence electrons. The van der Waals surface area contributed by atoms with Gasteiger partial charge in [-0.3, -0.25) is 9.59 Å². The standard InChI is InChI=1S/C20H27N3O4.ClH/c24-19(15-6-3-9-21-15)22-11-14-5-4-10-23(12-14)20(25)18-13-26-16-7-1-2-8-17(16)27-18;/h1-2,7-8,14-15,18,21H,3-6,9-13H2,(H,22,24);1H. The van der Waals surface area contributed by atoms with Crippen LogP contribution in [0.3, 0.4) is 0 Å². The van der Waals surface area contributed by atoms with E-state index < -0.39 is 6.10 Å². The van der Waals surface area contributed by atoms with Crippen LogP contribution in [0, 0.1) is 5.92 Å². The normalized spacial score (nSPS) is 26.3. The van der Waals surface area contributed by atoms with E-state index in [-0.39, 0.29) is 42.8 Å². The number of piperidine rings is 1. The number of likely N-dealkylation sites (tertiary alicyclic amines) is 1. The number of carbonyl (C=O) groups excluding carboxylic acids is 2. The Hall–Kier alpha value is -1.99. The van der Waals surface area contributed by atoms with Gasteiger partial charge in [0, 0.05) is 19.6 Å². The Bertz CT molecular complexity index is 696. The van der Waals surface area contributed by atoms with E-state index in [0.29, 0.717) is 24.6 Å². The minimum absolute atomic E-state index is 0. The largest absolute Gasteiger partial charge is 0.485 e. The molecule has 0 spiro atoms. The number of hydrogen-bond acceptors (Lipinski definition) is 5. The Morgan fingerprint density at radius 1 is 1.18 bits per heavy atom. The smallest absolute Gasteiger partial charge is 0.267 e. The Morgan fingerprint density at radius 2 is 2.00 bits per heavy atom. The summed E-state index contributed by atoms with van der Waals surface area (Å²) in [5, 5.41) is 6.27. The van der Waals surface area contributed by atoms with E-state index in [1.54, 1.807) is 0 Å². The molecule has 3 aliphatic heterocycles. The number of ether oxygens (including phenoxy) is 2. The third-order valence-corrected chi connectivity index (χ3v) is 5.56. The molecule has 0 aromatic heterocycles. The lowest BCUT2D eigenvalue weighted by molar-refractivity contribution is -0.143. The summed E-state index contributed by atoms with van der Waals surface area (Å²) in [5.74, 6) is 1.63. The fourth-order valence-electron chi connectivity index (χ4n) is 4.05. The molecule has 28 heavy (non-hydrogen) atoms. The molecule has 2 fully saturated rings. The zero-order valence-corrected chi connectivity index (χ0v) is 16.7. The molecule has 0 saturated carbocycles. The lowest BCUT2D eigenvalue weighted by Gasteiger charge is -2.36. The van der Waals surface area contributed by atoms with Gasteiger partial charge in [-0.25, -0.2) is 0 Å². The first-order valence-corrected chi connectivity index (χ1v) is 9.89. The molecule has 2 amide bonds. The molecule has 1 aromatic rings. The summed E-state index contributed by atoms with van der Waals surface area (Å²) in [6.07, 6.45) is 3.32. The maximum Gasteiger partial charge on any atom is 0.267 e. The highest BCUT2D eigenvalue weighted by Crippen LogP contribution is 2.31. The van der Waals surface area contributed by atoms with Crippen molar-refractivity contribution in [2.45, 2.75) is 37.8 Å². The van der Waals surface area contributed by atoms with Gasteiger partial charge in [0.25, 0.3) is 5.91 Å². The predicted octanol–water partition coefficient (Wildman–Crippen LogP) is 1.35. The van der Waals surface area contributed by atoms with Gasteiger partial charge >= 0.3 is 0 Å². The summed E-state index contributed by atoms with van der Waals surface area (Å²) in [4.78, 5) is 26.9. The van der Waals surface area contributed by atoms with Crippen LogP contribution in [0.2, 0.25) is 0 Å². The first-order chi connectivity index (χ1) is 13.2. The second-order valence-corrected chi connectivity index (χ2v) is 7.55. The van der Waals surface area contributed by atoms with Gasteiger partial charge in [0.05, 0.1) is 6.04 Å². The van der Waals surface area contributed by atoms with Gasteiger partial charge in [0.2, 0.25) is 12.0 Å². The molecule has 8 heteroatoms. The maximum atomic E-state index is 12.9. The summed E-state index contributed by atoms with van der Waals surface area (Å²) in [5.41, 5.74) is 0. The second kappa shape index (κ2) is 9.47. The molecule has 2 N–H and O–H groups in total. The van der Waals surface area contributed by atoms with Crippen LogP contribution in [-0.2, 0) is 9.59 Å². The summed E-state index contributed by atoms with van der Waals surface area (Å²) in [6, 6.07) is 7.36. The van der Waals surface area contributed by atoms with Crippen molar-refractivity contribution in [1.29, 1.82) is 0 Å². The zero-order valence-electron chi connectivity index (χ0n) is 15.9. The molecule has 2 saturated heterocycles. The summed E-state index contributed by atoms with van der Waals surface area (Å²) < 4.78 is 11.5. The molecule has 1 aromatic carbocycles. The van der Waals surface area contributed by atoms with Gasteiger partial charge in [0.15, 0.2) is 11.5 Å². The number of halogens is 1. The number of nitrogens with one attached hydrogen (secondary N) is 2. The molecule has 3 unspecified atom stereocenters. The highest BCUT2D eigenvalue weighted by molar-refractivity contribution is 5.85. The molecular formula is C20H28ClN3O4. The van der Waals surface area contributed by atoms with Gasteiger partial charge in [-0.05, 0) is 50.3 Å². The van der Waals surface area contributed by atoms with Gasteiger partial charge in [-0.1, -0.05) is 12.1 Å². The topological polar surface area (TPSA) is 79.9 Å². The van der Waals surface area contributed by atoms with Crippen LogP contribution in [0.4, 0.5) is 0 Å². The van der Waals surface area contributed by atoms with Crippen molar-refractivity contribution in [3.63, 3.8) is 0 Å². The van der Waals surface area contributed by atoms with Crippen molar-refractivity contribution in [1.82, 2.24) is 15.5 Å². The Morgan fingerprint density at radius 3 is 2.79 bits per heavy atom. The first-order valence-electron chi connectivity index (χ1n) is 9.89. The van der Waals surface area contributed by atoms with Crippen molar-refractivity contribution < 1.29 is 19.1 Å². The van der Waals surface area contributed by atoms with Crippen LogP contribution in [0.5, 0.6) is 11.5 Å². The van der Waals surface area contributed by atoms with Crippen LogP contribution < -0.4 is 20.1 Å². The third kappa shape index (κ3) is 4.70. The highest BCUT2D eigenvalue weighted by atomic mass is 35.5. The van der Waals surface area contributed by atoms with Crippen LogP contribution in [0.15, 0.2) is 24.3 Å². The minimum Gasteiger partial charge on any atom is -0.485 e. The molecule has 3 atom stereocenters. The van der Waals surface area contributed by atoms with Crippen molar-refractivity contribution in [3.05, 3.63) is 24.3 Å². The van der Waals surface area contributed by atoms with Crippen LogP contribution >= 0.6 is 12.4 Å². The van der Waals surface area contributed by atoms with Gasteiger partial charge in [-0.15, -0.1) is 12.4 Å². The molecule has 3 aliphatic rings. The molecule has 7 nitrogen and oxygen atoms in total. The zero-order chi connectivity index (χ0) is 18.6. The number of fused-ring (bicyclic) bond motifs is 1. The van der Waals surface area contributed by atoms with Gasteiger partial charge in [0.1, 0.15) is 6.61 Å². The van der Waals surface area contributed by atoms with Crippen LogP contribution in [0.25, 0.3) is 0 Å². The summed E-state index contributed by atoms with van der Waals surface area (Å²) in [7, 11) is 0. The number of para-hydroxylation sites is 2. The van der Waals surface area contributed by atoms with Crippen molar-refractivity contribution in [3.8, 4) is 11.5 Å². The Balaban J connectivity index is 0.00000225. The van der Waals surface area contributed by atoms with E-state index in [2.05, 4.69) is 10.6 Å². The molecule has 0 radical (unpaired) electrons. The molecule has 4 rings (SSSR count). The molecule has 0 aliphatic carbocycles. The van der Waals surface area contributed by atoms with E-state index in [4.69, 9.17) is 9.47 Å². The number of rotatable bonds is 4. The predicted molar refractivity (Wildman–Crippen MR) is 107 cm³/mol. The first kappa shape index (κ1) is 20.7. The average molecular weight is 410 g/mol. The number of nitrogens with zero attached hydrogens (tertiary/aromatic N) is 1. The van der Waals surface area contributed by atoms with E-state index in [9.17, 15) is 9.59 Å². The number of carbonyl (C=O) groups is 2. The monoisotopic (exact) mass is 409 g/mol. The third-order valence-electron chi connectivity index (χ3n) is 5.56. The van der Waals surface area contributed by atoms with Crippen molar-refractivity contribution in [2.24, 2.45) is 5.92 Å². The molecular weight excluding hydrogens is 382 g/mol. The Labute approximate surface area is 171 Å². The SMILES string of the molecule is Cl.O=C(NCC1CCCN(C(=O)C2COc3ccccc3O2)C1)C1CCCN1. The Kier molecular flexibility index (Phi) is 7.02. The minimum atomic E-state index is -0.601. The lowest BCUT2D eigenvalue weighted by Crippen LogP contribution is -2.51. The fourth-order valence-corrected chi connectivity index (χ4v) is 4.05. The van der Waals surface area contributed by atoms with Crippen LogP contribution in [0.1, 0.15) is 25.7 Å². The molecule has 3 heterocycles. The van der Waals surface area contributed by atoms with Crippen molar-refractivity contribution in [2.75, 3.05) is 32.8 Å². The number of hydrogen-bond donors (Lipinski definition) is 2. The van der Waals surface area contributed by atoms with Crippen molar-refractivity contribution >= 4 is 24.2 Å². The number of amides is 2. The highest BCUT2D eigenvalue weighted by Gasteiger charge is 2.33. The van der Waals surface area contributed by atoms with E-state index >= 15 is 0 Å². The summed E-state index contributed by atoms with van der Waals surface area (Å²) >= 11 is 0.